The van der Waals surface area contributed by atoms with Gasteiger partial charge >= 0.3 is 0 Å². The third-order valence-corrected chi connectivity index (χ3v) is 3.76. The van der Waals surface area contributed by atoms with E-state index in [1.54, 1.807) is 7.11 Å². The second-order valence-corrected chi connectivity index (χ2v) is 6.42. The fourth-order valence-electron chi connectivity index (χ4n) is 2.34. The summed E-state index contributed by atoms with van der Waals surface area (Å²) < 4.78 is 5.25. The summed E-state index contributed by atoms with van der Waals surface area (Å²) in [6, 6.07) is 15.3. The van der Waals surface area contributed by atoms with Gasteiger partial charge in [0.25, 0.3) is 0 Å². The van der Waals surface area contributed by atoms with Gasteiger partial charge in [0, 0.05) is 0 Å². The molecule has 2 aromatic carbocycles. The van der Waals surface area contributed by atoms with Crippen LogP contribution in [0.1, 0.15) is 43.0 Å². The van der Waals surface area contributed by atoms with E-state index in [9.17, 15) is 0 Å². The SMILES string of the molecule is COc1ccc(Cc2ccc(C(C)(C)C)cc2)c(C)c1. The Balaban J connectivity index is 2.18. The molecule has 0 spiro atoms. The molecule has 20 heavy (non-hydrogen) atoms. The molecule has 1 heteroatoms. The average Bonchev–Trinajstić information content (AvgIpc) is 2.40. The summed E-state index contributed by atoms with van der Waals surface area (Å²) in [7, 11) is 1.71. The molecule has 106 valence electrons. The fraction of sp³-hybridized carbons (Fsp3) is 0.368. The monoisotopic (exact) mass is 268 g/mol. The molecule has 0 aliphatic heterocycles. The van der Waals surface area contributed by atoms with Crippen LogP contribution in [-0.2, 0) is 11.8 Å². The van der Waals surface area contributed by atoms with Crippen molar-refractivity contribution in [2.75, 3.05) is 7.11 Å². The summed E-state index contributed by atoms with van der Waals surface area (Å²) >= 11 is 0. The Kier molecular flexibility index (Phi) is 4.17. The van der Waals surface area contributed by atoms with Gasteiger partial charge in [-0.15, -0.1) is 0 Å². The second kappa shape index (κ2) is 5.70. The predicted molar refractivity (Wildman–Crippen MR) is 85.7 cm³/mol. The molecule has 0 bridgehead atoms. The molecular weight excluding hydrogens is 244 g/mol. The van der Waals surface area contributed by atoms with Crippen molar-refractivity contribution in [2.45, 2.75) is 39.5 Å². The summed E-state index contributed by atoms with van der Waals surface area (Å²) in [6.45, 7) is 8.88. The fourth-order valence-corrected chi connectivity index (χ4v) is 2.34. The van der Waals surface area contributed by atoms with Crippen LogP contribution in [0.3, 0.4) is 0 Å². The molecule has 0 fully saturated rings. The number of methoxy groups -OCH3 is 1. The molecule has 0 saturated heterocycles. The zero-order valence-electron chi connectivity index (χ0n) is 13.2. The molecular formula is C19H24O. The molecule has 0 heterocycles. The van der Waals surface area contributed by atoms with Gasteiger partial charge in [-0.05, 0) is 53.1 Å². The van der Waals surface area contributed by atoms with E-state index in [2.05, 4.69) is 64.1 Å². The van der Waals surface area contributed by atoms with Crippen LogP contribution in [0.15, 0.2) is 42.5 Å². The molecule has 1 nitrogen and oxygen atoms in total. The maximum absolute atomic E-state index is 5.25. The molecule has 0 aliphatic rings. The van der Waals surface area contributed by atoms with E-state index in [1.807, 2.05) is 6.07 Å². The van der Waals surface area contributed by atoms with Crippen LogP contribution in [0.25, 0.3) is 0 Å². The highest BCUT2D eigenvalue weighted by atomic mass is 16.5. The van der Waals surface area contributed by atoms with Gasteiger partial charge in [0.05, 0.1) is 7.11 Å². The summed E-state index contributed by atoms with van der Waals surface area (Å²) in [4.78, 5) is 0. The predicted octanol–water partition coefficient (Wildman–Crippen LogP) is 4.89. The van der Waals surface area contributed by atoms with Gasteiger partial charge < -0.3 is 4.74 Å². The van der Waals surface area contributed by atoms with Gasteiger partial charge in [-0.25, -0.2) is 0 Å². The molecule has 0 amide bonds. The minimum Gasteiger partial charge on any atom is -0.497 e. The van der Waals surface area contributed by atoms with E-state index in [0.29, 0.717) is 0 Å². The number of hydrogen-bond donors (Lipinski definition) is 0. The topological polar surface area (TPSA) is 9.23 Å². The summed E-state index contributed by atoms with van der Waals surface area (Å²) in [5.74, 6) is 0.925. The summed E-state index contributed by atoms with van der Waals surface area (Å²) in [5.41, 5.74) is 5.59. The lowest BCUT2D eigenvalue weighted by Gasteiger charge is -2.19. The Morgan fingerprint density at radius 2 is 1.60 bits per heavy atom. The van der Waals surface area contributed by atoms with E-state index < -0.39 is 0 Å². The smallest absolute Gasteiger partial charge is 0.119 e. The van der Waals surface area contributed by atoms with Crippen LogP contribution in [0.4, 0.5) is 0 Å². The average molecular weight is 268 g/mol. The highest BCUT2D eigenvalue weighted by Gasteiger charge is 2.12. The first kappa shape index (κ1) is 14.6. The van der Waals surface area contributed by atoms with E-state index >= 15 is 0 Å². The molecule has 0 N–H and O–H groups in total. The summed E-state index contributed by atoms with van der Waals surface area (Å²) in [6.07, 6.45) is 0.972. The summed E-state index contributed by atoms with van der Waals surface area (Å²) in [5, 5.41) is 0. The molecule has 0 atom stereocenters. The van der Waals surface area contributed by atoms with E-state index in [4.69, 9.17) is 4.74 Å². The van der Waals surface area contributed by atoms with Crippen LogP contribution in [0.2, 0.25) is 0 Å². The number of ether oxygens (including phenoxy) is 1. The Labute approximate surface area is 122 Å². The maximum atomic E-state index is 5.25. The minimum absolute atomic E-state index is 0.217. The van der Waals surface area contributed by atoms with Crippen molar-refractivity contribution in [3.63, 3.8) is 0 Å². The van der Waals surface area contributed by atoms with Crippen LogP contribution < -0.4 is 4.74 Å². The first-order chi connectivity index (χ1) is 9.40. The zero-order chi connectivity index (χ0) is 14.8. The van der Waals surface area contributed by atoms with Crippen LogP contribution in [0.5, 0.6) is 5.75 Å². The van der Waals surface area contributed by atoms with Gasteiger partial charge in [0.1, 0.15) is 5.75 Å². The minimum atomic E-state index is 0.217. The van der Waals surface area contributed by atoms with Crippen molar-refractivity contribution in [3.05, 3.63) is 64.7 Å². The Morgan fingerprint density at radius 3 is 2.10 bits per heavy atom. The van der Waals surface area contributed by atoms with Crippen molar-refractivity contribution in [3.8, 4) is 5.75 Å². The van der Waals surface area contributed by atoms with Gasteiger partial charge in [-0.1, -0.05) is 51.1 Å². The lowest BCUT2D eigenvalue weighted by atomic mass is 9.86. The van der Waals surface area contributed by atoms with Crippen LogP contribution >= 0.6 is 0 Å². The van der Waals surface area contributed by atoms with Crippen molar-refractivity contribution in [1.82, 2.24) is 0 Å². The molecule has 2 rings (SSSR count). The second-order valence-electron chi connectivity index (χ2n) is 6.42. The number of benzene rings is 2. The van der Waals surface area contributed by atoms with Crippen molar-refractivity contribution in [1.29, 1.82) is 0 Å². The maximum Gasteiger partial charge on any atom is 0.119 e. The largest absolute Gasteiger partial charge is 0.497 e. The number of aryl methyl sites for hydroxylation is 1. The number of hydrogen-bond acceptors (Lipinski definition) is 1. The first-order valence-electron chi connectivity index (χ1n) is 7.13. The molecule has 0 aliphatic carbocycles. The molecule has 0 aromatic heterocycles. The van der Waals surface area contributed by atoms with Crippen molar-refractivity contribution >= 4 is 0 Å². The zero-order valence-corrected chi connectivity index (χ0v) is 13.2. The van der Waals surface area contributed by atoms with E-state index in [1.165, 1.54) is 22.3 Å². The third-order valence-electron chi connectivity index (χ3n) is 3.76. The highest BCUT2D eigenvalue weighted by molar-refractivity contribution is 5.38. The van der Waals surface area contributed by atoms with Crippen LogP contribution in [-0.4, -0.2) is 7.11 Å². The normalized spacial score (nSPS) is 11.4. The quantitative estimate of drug-likeness (QED) is 0.770. The molecule has 0 radical (unpaired) electrons. The number of rotatable bonds is 3. The lowest BCUT2D eigenvalue weighted by molar-refractivity contribution is 0.414. The van der Waals surface area contributed by atoms with Gasteiger partial charge in [-0.2, -0.15) is 0 Å². The standard InChI is InChI=1S/C19H24O/c1-14-12-18(20-5)11-8-16(14)13-15-6-9-17(10-7-15)19(2,3)4/h6-12H,13H2,1-5H3. The molecule has 0 saturated carbocycles. The van der Waals surface area contributed by atoms with Crippen LogP contribution in [0, 0.1) is 6.92 Å². The highest BCUT2D eigenvalue weighted by Crippen LogP contribution is 2.24. The third kappa shape index (κ3) is 3.41. The first-order valence-corrected chi connectivity index (χ1v) is 7.13. The molecule has 0 unspecified atom stereocenters. The lowest BCUT2D eigenvalue weighted by Crippen LogP contribution is -2.10. The van der Waals surface area contributed by atoms with Gasteiger partial charge in [-0.3, -0.25) is 0 Å². The Hall–Kier alpha value is -1.76. The van der Waals surface area contributed by atoms with Gasteiger partial charge in [0.15, 0.2) is 0 Å². The van der Waals surface area contributed by atoms with Crippen molar-refractivity contribution < 1.29 is 4.74 Å². The Bertz CT molecular complexity index is 574. The Morgan fingerprint density at radius 1 is 0.950 bits per heavy atom. The van der Waals surface area contributed by atoms with E-state index in [0.717, 1.165) is 12.2 Å². The van der Waals surface area contributed by atoms with Gasteiger partial charge in [0.2, 0.25) is 0 Å². The molecule has 2 aromatic rings. The van der Waals surface area contributed by atoms with E-state index in [-0.39, 0.29) is 5.41 Å². The van der Waals surface area contributed by atoms with Crippen molar-refractivity contribution in [2.24, 2.45) is 0 Å².